The van der Waals surface area contributed by atoms with Crippen molar-refractivity contribution in [3.8, 4) is 0 Å². The van der Waals surface area contributed by atoms with E-state index in [0.29, 0.717) is 6.42 Å². The summed E-state index contributed by atoms with van der Waals surface area (Å²) in [5, 5.41) is 2.53. The molecule has 0 aromatic rings. The Morgan fingerprint density at radius 3 is 2.37 bits per heavy atom. The summed E-state index contributed by atoms with van der Waals surface area (Å²) >= 11 is 0. The van der Waals surface area contributed by atoms with E-state index in [1.54, 1.807) is 27.7 Å². The highest BCUT2D eigenvalue weighted by atomic mass is 16.6. The summed E-state index contributed by atoms with van der Waals surface area (Å²) in [6.07, 6.45) is -0.111. The number of rotatable bonds is 5. The van der Waals surface area contributed by atoms with E-state index in [2.05, 4.69) is 5.32 Å². The van der Waals surface area contributed by atoms with E-state index >= 15 is 0 Å². The van der Waals surface area contributed by atoms with Crippen LogP contribution in [0.1, 0.15) is 41.0 Å². The maximum Gasteiger partial charge on any atom is 0.408 e. The number of alkyl carbamates (subject to hydrolysis) is 1. The van der Waals surface area contributed by atoms with Gasteiger partial charge in [0, 0.05) is 6.42 Å². The number of carbonyl (C=O) groups excluding carboxylic acids is 2. The average molecular weight is 273 g/mol. The number of esters is 1. The van der Waals surface area contributed by atoms with Crippen LogP contribution in [0.5, 0.6) is 0 Å². The number of epoxide rings is 1. The quantitative estimate of drug-likeness (QED) is 0.608. The van der Waals surface area contributed by atoms with Crippen molar-refractivity contribution in [2.75, 3.05) is 6.61 Å². The van der Waals surface area contributed by atoms with Crippen LogP contribution in [0.2, 0.25) is 0 Å². The molecular weight excluding hydrogens is 250 g/mol. The van der Waals surface area contributed by atoms with Gasteiger partial charge in [0.05, 0.1) is 18.8 Å². The zero-order chi connectivity index (χ0) is 14.6. The van der Waals surface area contributed by atoms with Crippen molar-refractivity contribution in [3.05, 3.63) is 0 Å². The van der Waals surface area contributed by atoms with Gasteiger partial charge in [0.1, 0.15) is 11.6 Å². The molecule has 0 spiro atoms. The second kappa shape index (κ2) is 6.23. The van der Waals surface area contributed by atoms with Crippen LogP contribution in [-0.4, -0.2) is 42.5 Å². The average Bonchev–Trinajstić information content (AvgIpc) is 2.90. The molecule has 0 aromatic heterocycles. The third kappa shape index (κ3) is 5.92. The maximum absolute atomic E-state index is 11.8. The first-order chi connectivity index (χ1) is 8.73. The molecule has 0 aromatic carbocycles. The van der Waals surface area contributed by atoms with E-state index in [9.17, 15) is 9.59 Å². The Kier molecular flexibility index (Phi) is 5.17. The first-order valence-electron chi connectivity index (χ1n) is 6.54. The molecule has 0 aliphatic carbocycles. The van der Waals surface area contributed by atoms with Crippen molar-refractivity contribution in [2.45, 2.75) is 64.9 Å². The van der Waals surface area contributed by atoms with Gasteiger partial charge in [-0.1, -0.05) is 0 Å². The second-order valence-electron chi connectivity index (χ2n) is 5.57. The summed E-state index contributed by atoms with van der Waals surface area (Å²) < 4.78 is 15.3. The fraction of sp³-hybridized carbons (Fsp3) is 0.846. The van der Waals surface area contributed by atoms with Crippen molar-refractivity contribution >= 4 is 12.1 Å². The highest BCUT2D eigenvalue weighted by Crippen LogP contribution is 2.26. The molecule has 1 amide bonds. The van der Waals surface area contributed by atoms with Gasteiger partial charge in [-0.05, 0) is 34.6 Å². The van der Waals surface area contributed by atoms with Gasteiger partial charge in [0.2, 0.25) is 0 Å². The van der Waals surface area contributed by atoms with E-state index in [4.69, 9.17) is 14.2 Å². The number of hydrogen-bond donors (Lipinski definition) is 1. The molecule has 1 heterocycles. The number of nitrogens with one attached hydrogen (secondary N) is 1. The maximum atomic E-state index is 11.8. The monoisotopic (exact) mass is 273 g/mol. The highest BCUT2D eigenvalue weighted by molar-refractivity contribution is 5.81. The summed E-state index contributed by atoms with van der Waals surface area (Å²) in [5.41, 5.74) is -0.604. The molecule has 1 aliphatic heterocycles. The molecule has 0 radical (unpaired) electrons. The standard InChI is InChI=1S/C13H23NO5/c1-6-17-11(15)9(7-10-8(2)18-10)14-12(16)19-13(3,4)5/h8-10H,6-7H2,1-5H3,(H,14,16). The van der Waals surface area contributed by atoms with Gasteiger partial charge in [-0.3, -0.25) is 0 Å². The molecule has 1 aliphatic rings. The Morgan fingerprint density at radius 2 is 1.95 bits per heavy atom. The summed E-state index contributed by atoms with van der Waals surface area (Å²) in [5.74, 6) is -0.462. The van der Waals surface area contributed by atoms with Crippen molar-refractivity contribution in [1.82, 2.24) is 5.32 Å². The zero-order valence-corrected chi connectivity index (χ0v) is 12.2. The topological polar surface area (TPSA) is 77.2 Å². The first kappa shape index (κ1) is 15.8. The molecule has 1 saturated heterocycles. The Bertz CT molecular complexity index is 336. The van der Waals surface area contributed by atoms with Crippen LogP contribution in [0.3, 0.4) is 0 Å². The molecule has 110 valence electrons. The van der Waals surface area contributed by atoms with Crippen LogP contribution in [0.15, 0.2) is 0 Å². The molecule has 6 nitrogen and oxygen atoms in total. The minimum Gasteiger partial charge on any atom is -0.464 e. The normalized spacial score (nSPS) is 23.4. The van der Waals surface area contributed by atoms with E-state index in [0.717, 1.165) is 0 Å². The molecule has 0 bridgehead atoms. The lowest BCUT2D eigenvalue weighted by atomic mass is 10.1. The zero-order valence-electron chi connectivity index (χ0n) is 12.2. The first-order valence-corrected chi connectivity index (χ1v) is 6.54. The van der Waals surface area contributed by atoms with E-state index in [1.165, 1.54) is 0 Å². The summed E-state index contributed by atoms with van der Waals surface area (Å²) in [6, 6.07) is -0.732. The van der Waals surface area contributed by atoms with Gasteiger partial charge in [0.25, 0.3) is 0 Å². The van der Waals surface area contributed by atoms with Crippen molar-refractivity contribution in [2.24, 2.45) is 0 Å². The molecule has 0 saturated carbocycles. The predicted molar refractivity (Wildman–Crippen MR) is 68.7 cm³/mol. The van der Waals surface area contributed by atoms with Crippen molar-refractivity contribution in [1.29, 1.82) is 0 Å². The number of amides is 1. The van der Waals surface area contributed by atoms with Crippen LogP contribution in [-0.2, 0) is 19.0 Å². The van der Waals surface area contributed by atoms with E-state index in [-0.39, 0.29) is 18.8 Å². The lowest BCUT2D eigenvalue weighted by Gasteiger charge is -2.22. The molecule has 6 heteroatoms. The van der Waals surface area contributed by atoms with Gasteiger partial charge in [-0.25, -0.2) is 9.59 Å². The molecule has 3 unspecified atom stereocenters. The van der Waals surface area contributed by atoms with Crippen LogP contribution in [0.4, 0.5) is 4.79 Å². The second-order valence-corrected chi connectivity index (χ2v) is 5.57. The lowest BCUT2D eigenvalue weighted by molar-refractivity contribution is -0.146. The summed E-state index contributed by atoms with van der Waals surface area (Å²) in [4.78, 5) is 23.4. The van der Waals surface area contributed by atoms with Gasteiger partial charge in [-0.2, -0.15) is 0 Å². The molecule has 1 N–H and O–H groups in total. The van der Waals surface area contributed by atoms with Gasteiger partial charge >= 0.3 is 12.1 Å². The summed E-state index contributed by atoms with van der Waals surface area (Å²) in [6.45, 7) is 9.19. The minimum atomic E-state index is -0.732. The van der Waals surface area contributed by atoms with Crippen LogP contribution in [0, 0.1) is 0 Å². The highest BCUT2D eigenvalue weighted by Gasteiger charge is 2.39. The van der Waals surface area contributed by atoms with Gasteiger partial charge < -0.3 is 19.5 Å². The lowest BCUT2D eigenvalue weighted by Crippen LogP contribution is -2.45. The Labute approximate surface area is 113 Å². The molecule has 3 atom stereocenters. The number of hydrogen-bond acceptors (Lipinski definition) is 5. The molecule has 1 rings (SSSR count). The predicted octanol–water partition coefficient (Wildman–Crippen LogP) is 1.62. The van der Waals surface area contributed by atoms with Gasteiger partial charge in [-0.15, -0.1) is 0 Å². The molecular formula is C13H23NO5. The fourth-order valence-corrected chi connectivity index (χ4v) is 1.62. The third-order valence-electron chi connectivity index (χ3n) is 2.57. The van der Waals surface area contributed by atoms with E-state index < -0.39 is 23.7 Å². The van der Waals surface area contributed by atoms with Crippen LogP contribution >= 0.6 is 0 Å². The van der Waals surface area contributed by atoms with Crippen LogP contribution < -0.4 is 5.32 Å². The fourth-order valence-electron chi connectivity index (χ4n) is 1.62. The Hall–Kier alpha value is -1.30. The minimum absolute atomic E-state index is 0.00987. The third-order valence-corrected chi connectivity index (χ3v) is 2.57. The largest absolute Gasteiger partial charge is 0.464 e. The SMILES string of the molecule is CCOC(=O)C(CC1OC1C)NC(=O)OC(C)(C)C. The molecule has 19 heavy (non-hydrogen) atoms. The van der Waals surface area contributed by atoms with Crippen molar-refractivity contribution in [3.63, 3.8) is 0 Å². The Morgan fingerprint density at radius 1 is 1.37 bits per heavy atom. The smallest absolute Gasteiger partial charge is 0.408 e. The van der Waals surface area contributed by atoms with Crippen molar-refractivity contribution < 1.29 is 23.8 Å². The van der Waals surface area contributed by atoms with Crippen LogP contribution in [0.25, 0.3) is 0 Å². The molecule has 1 fully saturated rings. The number of carbonyl (C=O) groups is 2. The summed E-state index contributed by atoms with van der Waals surface area (Å²) in [7, 11) is 0. The van der Waals surface area contributed by atoms with E-state index in [1.807, 2.05) is 6.92 Å². The van der Waals surface area contributed by atoms with Gasteiger partial charge in [0.15, 0.2) is 0 Å². The Balaban J connectivity index is 2.52. The number of ether oxygens (including phenoxy) is 3.